The molecule has 0 saturated carbocycles. The van der Waals surface area contributed by atoms with E-state index in [2.05, 4.69) is 10.3 Å². The van der Waals surface area contributed by atoms with Crippen molar-refractivity contribution in [2.75, 3.05) is 31.7 Å². The Labute approximate surface area is 118 Å². The molecule has 2 rings (SSSR count). The monoisotopic (exact) mass is 277 g/mol. The van der Waals surface area contributed by atoms with Crippen LogP contribution in [-0.4, -0.2) is 43.6 Å². The predicted molar refractivity (Wildman–Crippen MR) is 74.2 cm³/mol. The van der Waals surface area contributed by atoms with Crippen LogP contribution in [0.2, 0.25) is 0 Å². The molecule has 0 aromatic carbocycles. The number of carbonyl (C=O) groups excluding carboxylic acids is 2. The van der Waals surface area contributed by atoms with E-state index in [1.807, 2.05) is 6.07 Å². The second-order valence-electron chi connectivity index (χ2n) is 4.75. The molecule has 6 nitrogen and oxygen atoms in total. The van der Waals surface area contributed by atoms with Gasteiger partial charge in [-0.2, -0.15) is 0 Å². The Morgan fingerprint density at radius 3 is 3.15 bits per heavy atom. The Morgan fingerprint density at radius 2 is 2.45 bits per heavy atom. The van der Waals surface area contributed by atoms with Gasteiger partial charge in [-0.05, 0) is 18.6 Å². The molecule has 0 bridgehead atoms. The van der Waals surface area contributed by atoms with Gasteiger partial charge in [-0.1, -0.05) is 0 Å². The highest BCUT2D eigenvalue weighted by Crippen LogP contribution is 2.24. The van der Waals surface area contributed by atoms with Crippen LogP contribution in [0.15, 0.2) is 24.5 Å². The number of nitrogens with one attached hydrogen (secondary N) is 1. The van der Waals surface area contributed by atoms with E-state index in [1.54, 1.807) is 30.5 Å². The van der Waals surface area contributed by atoms with Gasteiger partial charge in [0.05, 0.1) is 17.8 Å². The lowest BCUT2D eigenvalue weighted by Crippen LogP contribution is -2.33. The predicted octanol–water partition coefficient (Wildman–Crippen LogP) is 0.587. The number of ether oxygens (including phenoxy) is 1. The first kappa shape index (κ1) is 14.5. The third-order valence-electron chi connectivity index (χ3n) is 3.28. The molecule has 1 aromatic heterocycles. The average molecular weight is 277 g/mol. The van der Waals surface area contributed by atoms with Crippen molar-refractivity contribution in [3.8, 4) is 0 Å². The SMILES string of the molecule is COCCCNC(=O)C1CC(=O)N(c2cccnc2)C1. The summed E-state index contributed by atoms with van der Waals surface area (Å²) in [5, 5.41) is 2.84. The number of nitrogens with zero attached hydrogens (tertiary/aromatic N) is 2. The fourth-order valence-corrected chi connectivity index (χ4v) is 2.22. The van der Waals surface area contributed by atoms with E-state index in [9.17, 15) is 9.59 Å². The first-order valence-corrected chi connectivity index (χ1v) is 6.69. The highest BCUT2D eigenvalue weighted by Gasteiger charge is 2.34. The minimum atomic E-state index is -0.287. The van der Waals surface area contributed by atoms with Crippen LogP contribution < -0.4 is 10.2 Å². The molecule has 1 aliphatic heterocycles. The summed E-state index contributed by atoms with van der Waals surface area (Å²) in [5.41, 5.74) is 0.743. The standard InChI is InChI=1S/C14H19N3O3/c1-20-7-3-6-16-14(19)11-8-13(18)17(10-11)12-4-2-5-15-9-12/h2,4-5,9,11H,3,6-8,10H2,1H3,(H,16,19). The maximum atomic E-state index is 12.0. The summed E-state index contributed by atoms with van der Waals surface area (Å²) in [4.78, 5) is 29.6. The van der Waals surface area contributed by atoms with Gasteiger partial charge in [0, 0.05) is 39.4 Å². The lowest BCUT2D eigenvalue weighted by Gasteiger charge is -2.16. The topological polar surface area (TPSA) is 71.5 Å². The van der Waals surface area contributed by atoms with E-state index in [1.165, 1.54) is 0 Å². The van der Waals surface area contributed by atoms with Gasteiger partial charge in [-0.25, -0.2) is 0 Å². The van der Waals surface area contributed by atoms with Crippen LogP contribution in [0.1, 0.15) is 12.8 Å². The minimum Gasteiger partial charge on any atom is -0.385 e. The molecule has 0 aliphatic carbocycles. The van der Waals surface area contributed by atoms with Crippen LogP contribution in [0.3, 0.4) is 0 Å². The number of aromatic nitrogens is 1. The summed E-state index contributed by atoms with van der Waals surface area (Å²) in [5.74, 6) is -0.388. The van der Waals surface area contributed by atoms with Crippen molar-refractivity contribution in [3.05, 3.63) is 24.5 Å². The fourth-order valence-electron chi connectivity index (χ4n) is 2.22. The van der Waals surface area contributed by atoms with E-state index in [-0.39, 0.29) is 24.2 Å². The lowest BCUT2D eigenvalue weighted by atomic mass is 10.1. The number of anilines is 1. The van der Waals surface area contributed by atoms with Gasteiger partial charge < -0.3 is 15.0 Å². The van der Waals surface area contributed by atoms with Crippen molar-refractivity contribution < 1.29 is 14.3 Å². The first-order chi connectivity index (χ1) is 9.72. The Balaban J connectivity index is 1.87. The van der Waals surface area contributed by atoms with Crippen LogP contribution in [0.4, 0.5) is 5.69 Å². The molecule has 1 saturated heterocycles. The van der Waals surface area contributed by atoms with E-state index in [4.69, 9.17) is 4.74 Å². The summed E-state index contributed by atoms with van der Waals surface area (Å²) in [6.07, 6.45) is 4.32. The van der Waals surface area contributed by atoms with E-state index in [0.29, 0.717) is 19.7 Å². The summed E-state index contributed by atoms with van der Waals surface area (Å²) >= 11 is 0. The van der Waals surface area contributed by atoms with Crippen LogP contribution in [0.5, 0.6) is 0 Å². The van der Waals surface area contributed by atoms with Crippen molar-refractivity contribution in [1.82, 2.24) is 10.3 Å². The number of hydrogen-bond donors (Lipinski definition) is 1. The maximum Gasteiger partial charge on any atom is 0.227 e. The summed E-state index contributed by atoms with van der Waals surface area (Å²) in [6.45, 7) is 1.61. The number of pyridine rings is 1. The molecular weight excluding hydrogens is 258 g/mol. The van der Waals surface area contributed by atoms with Gasteiger partial charge in [0.2, 0.25) is 11.8 Å². The molecule has 1 N–H and O–H groups in total. The van der Waals surface area contributed by atoms with Crippen LogP contribution >= 0.6 is 0 Å². The molecule has 2 heterocycles. The largest absolute Gasteiger partial charge is 0.385 e. The van der Waals surface area contributed by atoms with Gasteiger partial charge >= 0.3 is 0 Å². The second kappa shape index (κ2) is 7.00. The van der Waals surface area contributed by atoms with Gasteiger partial charge in [0.15, 0.2) is 0 Å². The quantitative estimate of drug-likeness (QED) is 0.772. The second-order valence-corrected chi connectivity index (χ2v) is 4.75. The third-order valence-corrected chi connectivity index (χ3v) is 3.28. The number of carbonyl (C=O) groups is 2. The molecule has 2 amide bonds. The number of amides is 2. The van der Waals surface area contributed by atoms with E-state index < -0.39 is 0 Å². The Bertz CT molecular complexity index is 464. The molecule has 6 heteroatoms. The van der Waals surface area contributed by atoms with Gasteiger partial charge in [0.1, 0.15) is 0 Å². The molecule has 0 spiro atoms. The third kappa shape index (κ3) is 3.54. The highest BCUT2D eigenvalue weighted by atomic mass is 16.5. The normalized spacial score (nSPS) is 18.4. The summed E-state index contributed by atoms with van der Waals surface area (Å²) in [6, 6.07) is 3.60. The zero-order valence-corrected chi connectivity index (χ0v) is 11.5. The van der Waals surface area contributed by atoms with Crippen molar-refractivity contribution in [2.45, 2.75) is 12.8 Å². The number of hydrogen-bond acceptors (Lipinski definition) is 4. The van der Waals surface area contributed by atoms with E-state index >= 15 is 0 Å². The van der Waals surface area contributed by atoms with Gasteiger partial charge in [-0.15, -0.1) is 0 Å². The number of methoxy groups -OCH3 is 1. The first-order valence-electron chi connectivity index (χ1n) is 6.69. The van der Waals surface area contributed by atoms with Gasteiger partial charge in [-0.3, -0.25) is 14.6 Å². The van der Waals surface area contributed by atoms with Crippen LogP contribution in [0, 0.1) is 5.92 Å². The molecule has 0 radical (unpaired) electrons. The lowest BCUT2D eigenvalue weighted by molar-refractivity contribution is -0.126. The molecule has 108 valence electrons. The molecule has 20 heavy (non-hydrogen) atoms. The Morgan fingerprint density at radius 1 is 1.60 bits per heavy atom. The van der Waals surface area contributed by atoms with E-state index in [0.717, 1.165) is 12.1 Å². The fraction of sp³-hybridized carbons (Fsp3) is 0.500. The molecule has 1 fully saturated rings. The Hall–Kier alpha value is -1.95. The molecular formula is C14H19N3O3. The zero-order chi connectivity index (χ0) is 14.4. The average Bonchev–Trinajstić information content (AvgIpc) is 2.86. The molecule has 1 unspecified atom stereocenters. The zero-order valence-electron chi connectivity index (χ0n) is 11.5. The van der Waals surface area contributed by atoms with Crippen LogP contribution in [-0.2, 0) is 14.3 Å². The molecule has 1 atom stereocenters. The maximum absolute atomic E-state index is 12.0. The van der Waals surface area contributed by atoms with Crippen molar-refractivity contribution in [3.63, 3.8) is 0 Å². The van der Waals surface area contributed by atoms with Crippen molar-refractivity contribution >= 4 is 17.5 Å². The minimum absolute atomic E-state index is 0.0324. The smallest absolute Gasteiger partial charge is 0.227 e. The summed E-state index contributed by atoms with van der Waals surface area (Å²) < 4.78 is 4.92. The summed E-state index contributed by atoms with van der Waals surface area (Å²) in [7, 11) is 1.63. The molecule has 1 aromatic rings. The Kier molecular flexibility index (Phi) is 5.06. The number of rotatable bonds is 6. The van der Waals surface area contributed by atoms with Gasteiger partial charge in [0.25, 0.3) is 0 Å². The molecule has 1 aliphatic rings. The van der Waals surface area contributed by atoms with Crippen molar-refractivity contribution in [1.29, 1.82) is 0 Å². The highest BCUT2D eigenvalue weighted by molar-refractivity contribution is 6.00. The van der Waals surface area contributed by atoms with Crippen molar-refractivity contribution in [2.24, 2.45) is 5.92 Å². The van der Waals surface area contributed by atoms with Crippen LogP contribution in [0.25, 0.3) is 0 Å².